The average molecular weight is 404 g/mol. The van der Waals surface area contributed by atoms with Gasteiger partial charge in [-0.15, -0.1) is 11.3 Å². The van der Waals surface area contributed by atoms with Crippen LogP contribution in [0.5, 0.6) is 0 Å². The summed E-state index contributed by atoms with van der Waals surface area (Å²) in [5.74, 6) is -0.408. The monoisotopic (exact) mass is 404 g/mol. The van der Waals surface area contributed by atoms with E-state index in [1.165, 1.54) is 18.3 Å². The highest BCUT2D eigenvalue weighted by atomic mass is 32.1. The second-order valence-electron chi connectivity index (χ2n) is 6.82. The predicted octanol–water partition coefficient (Wildman–Crippen LogP) is 2.38. The first-order valence-electron chi connectivity index (χ1n) is 9.27. The standard InChI is InChI=1S/C19H24N4O4S/c1-4-27-19(26)17-11(2)7-16(28-17)22-18(25)14-10-21-23-6-5-13(8-15(14)23)9-20-12(3)24/h7,10,13H,4-6,8-9H2,1-3H3,(H,20,24)(H,22,25). The number of carbonyl (C=O) groups is 3. The quantitative estimate of drug-likeness (QED) is 0.720. The summed E-state index contributed by atoms with van der Waals surface area (Å²) >= 11 is 1.20. The lowest BCUT2D eigenvalue weighted by atomic mass is 9.94. The Morgan fingerprint density at radius 3 is 2.89 bits per heavy atom. The lowest BCUT2D eigenvalue weighted by Crippen LogP contribution is -2.32. The Balaban J connectivity index is 1.71. The van der Waals surface area contributed by atoms with Crippen molar-refractivity contribution in [3.05, 3.63) is 34.0 Å². The normalized spacial score (nSPS) is 15.6. The number of thiophene rings is 1. The topological polar surface area (TPSA) is 102 Å². The van der Waals surface area contributed by atoms with E-state index < -0.39 is 0 Å². The molecule has 28 heavy (non-hydrogen) atoms. The summed E-state index contributed by atoms with van der Waals surface area (Å²) in [7, 11) is 0. The SMILES string of the molecule is CCOC(=O)c1sc(NC(=O)c2cnn3c2CC(CNC(C)=O)CC3)cc1C. The highest BCUT2D eigenvalue weighted by Crippen LogP contribution is 2.29. The number of nitrogens with zero attached hydrogens (tertiary/aromatic N) is 2. The van der Waals surface area contributed by atoms with Crippen LogP contribution in [0.15, 0.2) is 12.3 Å². The fourth-order valence-electron chi connectivity index (χ4n) is 3.27. The van der Waals surface area contributed by atoms with Crippen molar-refractivity contribution in [2.75, 3.05) is 18.5 Å². The van der Waals surface area contributed by atoms with Gasteiger partial charge in [-0.2, -0.15) is 5.10 Å². The van der Waals surface area contributed by atoms with Crippen molar-refractivity contribution in [2.24, 2.45) is 5.92 Å². The second kappa shape index (κ2) is 8.55. The van der Waals surface area contributed by atoms with Crippen molar-refractivity contribution in [1.82, 2.24) is 15.1 Å². The van der Waals surface area contributed by atoms with Crippen molar-refractivity contribution in [1.29, 1.82) is 0 Å². The molecule has 0 saturated carbocycles. The molecule has 0 bridgehead atoms. The molecule has 2 aromatic rings. The maximum atomic E-state index is 12.8. The molecule has 2 amide bonds. The molecule has 3 rings (SSSR count). The molecule has 3 heterocycles. The number of aromatic nitrogens is 2. The summed E-state index contributed by atoms with van der Waals surface area (Å²) < 4.78 is 6.89. The van der Waals surface area contributed by atoms with Crippen LogP contribution >= 0.6 is 11.3 Å². The highest BCUT2D eigenvalue weighted by molar-refractivity contribution is 7.18. The average Bonchev–Trinajstić information content (AvgIpc) is 3.23. The van der Waals surface area contributed by atoms with E-state index in [1.807, 2.05) is 11.6 Å². The van der Waals surface area contributed by atoms with Crippen LogP contribution in [0.25, 0.3) is 0 Å². The summed E-state index contributed by atoms with van der Waals surface area (Å²) in [4.78, 5) is 36.4. The number of ether oxygens (including phenoxy) is 1. The van der Waals surface area contributed by atoms with Crippen LogP contribution in [-0.4, -0.2) is 40.7 Å². The van der Waals surface area contributed by atoms with E-state index in [9.17, 15) is 14.4 Å². The molecule has 8 nitrogen and oxygen atoms in total. The largest absolute Gasteiger partial charge is 0.462 e. The molecule has 0 aromatic carbocycles. The summed E-state index contributed by atoms with van der Waals surface area (Å²) in [6.45, 7) is 6.69. The lowest BCUT2D eigenvalue weighted by Gasteiger charge is -2.24. The van der Waals surface area contributed by atoms with Gasteiger partial charge in [0.2, 0.25) is 5.91 Å². The van der Waals surface area contributed by atoms with Gasteiger partial charge in [-0.25, -0.2) is 4.79 Å². The number of anilines is 1. The van der Waals surface area contributed by atoms with Gasteiger partial charge in [0.25, 0.3) is 5.91 Å². The zero-order chi connectivity index (χ0) is 20.3. The maximum absolute atomic E-state index is 12.8. The molecule has 0 saturated heterocycles. The van der Waals surface area contributed by atoms with E-state index >= 15 is 0 Å². The minimum absolute atomic E-state index is 0.0532. The number of carbonyl (C=O) groups excluding carboxylic acids is 3. The first kappa shape index (κ1) is 20.1. The number of hydrogen-bond acceptors (Lipinski definition) is 6. The molecule has 9 heteroatoms. The van der Waals surface area contributed by atoms with Gasteiger partial charge in [0.15, 0.2) is 0 Å². The Bertz CT molecular complexity index is 902. The third-order valence-corrected chi connectivity index (χ3v) is 5.81. The predicted molar refractivity (Wildman–Crippen MR) is 106 cm³/mol. The van der Waals surface area contributed by atoms with Gasteiger partial charge in [-0.1, -0.05) is 0 Å². The van der Waals surface area contributed by atoms with Gasteiger partial charge in [0.05, 0.1) is 29.1 Å². The van der Waals surface area contributed by atoms with Gasteiger partial charge in [-0.05, 0) is 44.2 Å². The van der Waals surface area contributed by atoms with Crippen molar-refractivity contribution >= 4 is 34.1 Å². The van der Waals surface area contributed by atoms with Gasteiger partial charge in [0.1, 0.15) is 4.88 Å². The van der Waals surface area contributed by atoms with E-state index in [0.29, 0.717) is 35.0 Å². The lowest BCUT2D eigenvalue weighted by molar-refractivity contribution is -0.119. The van der Waals surface area contributed by atoms with Gasteiger partial charge in [0, 0.05) is 20.0 Å². The fraction of sp³-hybridized carbons (Fsp3) is 0.474. The van der Waals surface area contributed by atoms with Crippen LogP contribution in [0, 0.1) is 12.8 Å². The molecule has 0 spiro atoms. The number of amides is 2. The third kappa shape index (κ3) is 4.41. The number of esters is 1. The molecular weight excluding hydrogens is 380 g/mol. The molecule has 0 fully saturated rings. The summed E-state index contributed by atoms with van der Waals surface area (Å²) in [5, 5.41) is 10.6. The van der Waals surface area contributed by atoms with Crippen molar-refractivity contribution in [2.45, 2.75) is 40.2 Å². The van der Waals surface area contributed by atoms with Crippen LogP contribution in [0.3, 0.4) is 0 Å². The Hall–Kier alpha value is -2.68. The van der Waals surface area contributed by atoms with Gasteiger partial charge < -0.3 is 15.4 Å². The Labute approximate surface area is 167 Å². The Morgan fingerprint density at radius 2 is 2.18 bits per heavy atom. The molecule has 0 radical (unpaired) electrons. The van der Waals surface area contributed by atoms with Gasteiger partial charge >= 0.3 is 5.97 Å². The molecule has 2 N–H and O–H groups in total. The number of aryl methyl sites for hydroxylation is 2. The fourth-order valence-corrected chi connectivity index (χ4v) is 4.23. The molecule has 0 aliphatic carbocycles. The number of fused-ring (bicyclic) bond motifs is 1. The van der Waals surface area contributed by atoms with Crippen molar-refractivity contribution in [3.8, 4) is 0 Å². The smallest absolute Gasteiger partial charge is 0.348 e. The number of nitrogens with one attached hydrogen (secondary N) is 2. The van der Waals surface area contributed by atoms with Crippen molar-refractivity contribution in [3.63, 3.8) is 0 Å². The second-order valence-corrected chi connectivity index (χ2v) is 7.87. The van der Waals surface area contributed by atoms with E-state index in [-0.39, 0.29) is 23.7 Å². The first-order chi connectivity index (χ1) is 13.4. The summed E-state index contributed by atoms with van der Waals surface area (Å²) in [6, 6.07) is 1.77. The first-order valence-corrected chi connectivity index (χ1v) is 10.1. The van der Waals surface area contributed by atoms with Gasteiger partial charge in [-0.3, -0.25) is 14.3 Å². The molecule has 1 aliphatic heterocycles. The van der Waals surface area contributed by atoms with E-state index in [4.69, 9.17) is 4.74 Å². The van der Waals surface area contributed by atoms with Crippen LogP contribution in [0.2, 0.25) is 0 Å². The number of hydrogen-bond donors (Lipinski definition) is 2. The molecular formula is C19H24N4O4S. The minimum Gasteiger partial charge on any atom is -0.462 e. The third-order valence-electron chi connectivity index (χ3n) is 4.68. The zero-order valence-corrected chi connectivity index (χ0v) is 17.0. The maximum Gasteiger partial charge on any atom is 0.348 e. The molecule has 1 aliphatic rings. The van der Waals surface area contributed by atoms with Crippen molar-refractivity contribution < 1.29 is 19.1 Å². The molecule has 1 unspecified atom stereocenters. The Kier molecular flexibility index (Phi) is 6.13. The number of rotatable bonds is 6. The van der Waals surface area contributed by atoms with Crippen LogP contribution in [0.1, 0.15) is 51.6 Å². The minimum atomic E-state index is -0.380. The molecule has 150 valence electrons. The highest BCUT2D eigenvalue weighted by Gasteiger charge is 2.26. The van der Waals surface area contributed by atoms with E-state index in [2.05, 4.69) is 15.7 Å². The Morgan fingerprint density at radius 1 is 1.39 bits per heavy atom. The van der Waals surface area contributed by atoms with Crippen LogP contribution in [0.4, 0.5) is 5.00 Å². The summed E-state index contributed by atoms with van der Waals surface area (Å²) in [5.41, 5.74) is 2.17. The molecule has 1 atom stereocenters. The molecule has 2 aromatic heterocycles. The van der Waals surface area contributed by atoms with E-state index in [0.717, 1.165) is 24.2 Å². The summed E-state index contributed by atoms with van der Waals surface area (Å²) in [6.07, 6.45) is 3.17. The zero-order valence-electron chi connectivity index (χ0n) is 16.2. The van der Waals surface area contributed by atoms with Crippen LogP contribution in [-0.2, 0) is 22.5 Å². The van der Waals surface area contributed by atoms with E-state index in [1.54, 1.807) is 19.2 Å². The van der Waals surface area contributed by atoms with Crippen LogP contribution < -0.4 is 10.6 Å².